The van der Waals surface area contributed by atoms with Gasteiger partial charge in [-0.3, -0.25) is 9.69 Å². The summed E-state index contributed by atoms with van der Waals surface area (Å²) in [5.74, 6) is 1.97. The first kappa shape index (κ1) is 16.8. The van der Waals surface area contributed by atoms with E-state index in [0.717, 1.165) is 18.8 Å². The van der Waals surface area contributed by atoms with Crippen molar-refractivity contribution >= 4 is 28.6 Å². The fourth-order valence-electron chi connectivity index (χ4n) is 3.48. The van der Waals surface area contributed by atoms with Crippen LogP contribution in [0.2, 0.25) is 0 Å². The molecule has 0 aromatic carbocycles. The van der Waals surface area contributed by atoms with Crippen molar-refractivity contribution in [3.05, 3.63) is 11.9 Å². The number of hydrogen-bond acceptors (Lipinski definition) is 6. The number of fused-ring (bicyclic) bond motifs is 1. The topological polar surface area (TPSA) is 75.3 Å². The van der Waals surface area contributed by atoms with Gasteiger partial charge in [0.1, 0.15) is 17.4 Å². The van der Waals surface area contributed by atoms with Crippen LogP contribution < -0.4 is 0 Å². The molecule has 1 amide bonds. The summed E-state index contributed by atoms with van der Waals surface area (Å²) in [6.45, 7) is 5.03. The number of nitriles is 1. The second kappa shape index (κ2) is 6.81. The van der Waals surface area contributed by atoms with Crippen LogP contribution in [0.4, 0.5) is 0 Å². The maximum absolute atomic E-state index is 12.1. The molecule has 24 heavy (non-hydrogen) atoms. The first-order chi connectivity index (χ1) is 11.5. The highest BCUT2D eigenvalue weighted by molar-refractivity contribution is 6.69. The summed E-state index contributed by atoms with van der Waals surface area (Å²) in [6.07, 6.45) is 2.71. The van der Waals surface area contributed by atoms with Gasteiger partial charge in [-0.05, 0) is 12.3 Å². The summed E-state index contributed by atoms with van der Waals surface area (Å²) in [4.78, 5) is 26.8. The fraction of sp³-hybridized carbons (Fsp3) is 0.625. The van der Waals surface area contributed by atoms with Crippen LogP contribution in [0.15, 0.2) is 21.9 Å². The van der Waals surface area contributed by atoms with Crippen LogP contribution in [0, 0.1) is 17.2 Å². The average molecular weight is 349 g/mol. The van der Waals surface area contributed by atoms with Crippen LogP contribution in [-0.4, -0.2) is 71.0 Å². The smallest absolute Gasteiger partial charge is 0.236 e. The van der Waals surface area contributed by atoms with Gasteiger partial charge in [0.25, 0.3) is 0 Å². The Morgan fingerprint density at radius 2 is 2.33 bits per heavy atom. The summed E-state index contributed by atoms with van der Waals surface area (Å²) in [6, 6.07) is 2.11. The normalized spacial score (nSPS) is 26.2. The first-order valence-corrected chi connectivity index (χ1v) is 8.54. The van der Waals surface area contributed by atoms with Gasteiger partial charge in [0.2, 0.25) is 11.9 Å². The number of piperidine rings is 1. The maximum atomic E-state index is 12.1. The van der Waals surface area contributed by atoms with E-state index in [4.69, 9.17) is 16.9 Å². The Labute approximate surface area is 146 Å². The molecule has 0 aromatic heterocycles. The molecule has 3 heterocycles. The molecule has 7 nitrogen and oxygen atoms in total. The lowest BCUT2D eigenvalue weighted by Gasteiger charge is -2.45. The number of aliphatic imine (C=N–C) groups is 2. The predicted octanol–water partition coefficient (Wildman–Crippen LogP) is 1.23. The van der Waals surface area contributed by atoms with Crippen molar-refractivity contribution in [1.82, 2.24) is 14.7 Å². The van der Waals surface area contributed by atoms with Crippen molar-refractivity contribution in [2.45, 2.75) is 25.8 Å². The number of guanidine groups is 1. The Morgan fingerprint density at radius 3 is 3.08 bits per heavy atom. The number of nitrogens with zero attached hydrogens (tertiary/aromatic N) is 6. The minimum atomic E-state index is -0.0940. The lowest BCUT2D eigenvalue weighted by Crippen LogP contribution is -2.54. The number of allylic oxidation sites excluding steroid dienone is 1. The van der Waals surface area contributed by atoms with Crippen molar-refractivity contribution in [2.24, 2.45) is 15.9 Å². The van der Waals surface area contributed by atoms with Crippen LogP contribution in [0.3, 0.4) is 0 Å². The zero-order valence-electron chi connectivity index (χ0n) is 13.9. The molecule has 0 unspecified atom stereocenters. The molecule has 0 aromatic rings. The number of rotatable bonds is 3. The number of carbonyl (C=O) groups is 1. The third kappa shape index (κ3) is 3.11. The van der Waals surface area contributed by atoms with Gasteiger partial charge < -0.3 is 9.80 Å². The van der Waals surface area contributed by atoms with Gasteiger partial charge in [-0.15, -0.1) is 0 Å². The van der Waals surface area contributed by atoms with Gasteiger partial charge in [-0.2, -0.15) is 5.26 Å². The molecule has 0 radical (unpaired) electrons. The Kier molecular flexibility index (Phi) is 4.76. The van der Waals surface area contributed by atoms with Crippen LogP contribution in [-0.2, 0) is 4.79 Å². The predicted molar refractivity (Wildman–Crippen MR) is 92.5 cm³/mol. The largest absolute Gasteiger partial charge is 0.356 e. The maximum Gasteiger partial charge on any atom is 0.236 e. The van der Waals surface area contributed by atoms with Gasteiger partial charge in [0, 0.05) is 32.8 Å². The molecule has 8 heteroatoms. The van der Waals surface area contributed by atoms with E-state index in [9.17, 15) is 4.79 Å². The van der Waals surface area contributed by atoms with Crippen LogP contribution in [0.5, 0.6) is 0 Å². The second-order valence-electron chi connectivity index (χ2n) is 6.39. The lowest BCUT2D eigenvalue weighted by atomic mass is 9.92. The van der Waals surface area contributed by atoms with E-state index in [1.165, 1.54) is 0 Å². The molecule has 0 aliphatic carbocycles. The van der Waals surface area contributed by atoms with Crippen LogP contribution in [0.1, 0.15) is 19.8 Å². The second-order valence-corrected chi connectivity index (χ2v) is 6.78. The molecule has 0 bridgehead atoms. The molecule has 1 fully saturated rings. The fourth-order valence-corrected chi connectivity index (χ4v) is 3.65. The van der Waals surface area contributed by atoms with E-state index in [1.54, 1.807) is 4.90 Å². The molecule has 3 aliphatic heterocycles. The Balaban J connectivity index is 1.79. The molecule has 2 atom stereocenters. The number of carbonyl (C=O) groups excluding carboxylic acids is 1. The standard InChI is InChI=1S/C16H21ClN6O/c1-11-4-7-22(15(24)3-5-18)10-12(11)21(2)14-9-13(17)20-16-19-6-8-23(14)16/h9,11-12H,3-4,6-8,10H2,1-2H3/t11-,12+/m1/s1. The SMILES string of the molecule is C[C@@H]1CCN(C(=O)CC#N)C[C@@H]1N(C)C1=CC(Cl)=NC2=NCCN12. The van der Waals surface area contributed by atoms with E-state index in [1.807, 2.05) is 19.2 Å². The first-order valence-electron chi connectivity index (χ1n) is 8.16. The summed E-state index contributed by atoms with van der Waals surface area (Å²) in [5, 5.41) is 9.19. The minimum absolute atomic E-state index is 0.0606. The molecule has 0 N–H and O–H groups in total. The van der Waals surface area contributed by atoms with Crippen molar-refractivity contribution in [3.8, 4) is 6.07 Å². The zero-order chi connectivity index (χ0) is 17.3. The molecule has 0 saturated carbocycles. The summed E-state index contributed by atoms with van der Waals surface area (Å²) in [7, 11) is 2.02. The van der Waals surface area contributed by atoms with Gasteiger partial charge in [-0.1, -0.05) is 18.5 Å². The molecular weight excluding hydrogens is 328 g/mol. The van der Waals surface area contributed by atoms with Crippen molar-refractivity contribution in [3.63, 3.8) is 0 Å². The quantitative estimate of drug-likeness (QED) is 0.768. The molecule has 0 spiro atoms. The summed E-state index contributed by atoms with van der Waals surface area (Å²) in [5.41, 5.74) is 0. The highest BCUT2D eigenvalue weighted by Gasteiger charge is 2.35. The van der Waals surface area contributed by atoms with Crippen LogP contribution >= 0.6 is 11.6 Å². The van der Waals surface area contributed by atoms with Crippen molar-refractivity contribution in [2.75, 3.05) is 33.2 Å². The third-order valence-electron chi connectivity index (χ3n) is 4.91. The van der Waals surface area contributed by atoms with Crippen molar-refractivity contribution < 1.29 is 4.79 Å². The molecule has 1 saturated heterocycles. The third-order valence-corrected chi connectivity index (χ3v) is 5.10. The number of likely N-dealkylation sites (N-methyl/N-ethyl adjacent to an activating group) is 1. The summed E-state index contributed by atoms with van der Waals surface area (Å²) >= 11 is 6.16. The average Bonchev–Trinajstić information content (AvgIpc) is 3.02. The van der Waals surface area contributed by atoms with E-state index in [-0.39, 0.29) is 18.4 Å². The molecule has 128 valence electrons. The Bertz CT molecular complexity index is 664. The number of amides is 1. The lowest BCUT2D eigenvalue weighted by molar-refractivity contribution is -0.132. The highest BCUT2D eigenvalue weighted by Crippen LogP contribution is 2.28. The molecule has 3 rings (SSSR count). The van der Waals surface area contributed by atoms with Crippen LogP contribution in [0.25, 0.3) is 0 Å². The minimum Gasteiger partial charge on any atom is -0.356 e. The van der Waals surface area contributed by atoms with Crippen molar-refractivity contribution in [1.29, 1.82) is 5.26 Å². The van der Waals surface area contributed by atoms with Gasteiger partial charge >= 0.3 is 0 Å². The van der Waals surface area contributed by atoms with Gasteiger partial charge in [0.15, 0.2) is 0 Å². The number of hydrogen-bond donors (Lipinski definition) is 0. The van der Waals surface area contributed by atoms with E-state index < -0.39 is 0 Å². The summed E-state index contributed by atoms with van der Waals surface area (Å²) < 4.78 is 0. The number of halogens is 1. The highest BCUT2D eigenvalue weighted by atomic mass is 35.5. The molecular formula is C16H21ClN6O. The van der Waals surface area contributed by atoms with E-state index >= 15 is 0 Å². The number of likely N-dealkylation sites (tertiary alicyclic amines) is 1. The Morgan fingerprint density at radius 1 is 1.54 bits per heavy atom. The van der Waals surface area contributed by atoms with Gasteiger partial charge in [0.05, 0.1) is 18.7 Å². The van der Waals surface area contributed by atoms with E-state index in [2.05, 4.69) is 26.7 Å². The zero-order valence-corrected chi connectivity index (χ0v) is 14.7. The monoisotopic (exact) mass is 348 g/mol. The van der Waals surface area contributed by atoms with Gasteiger partial charge in [-0.25, -0.2) is 9.98 Å². The molecule has 3 aliphatic rings. The Hall–Kier alpha value is -2.07. The van der Waals surface area contributed by atoms with E-state index in [0.29, 0.717) is 36.7 Å².